The lowest BCUT2D eigenvalue weighted by Crippen LogP contribution is -1.88. The second kappa shape index (κ2) is 6.39. The number of hydrogen-bond donors (Lipinski definition) is 0. The van der Waals surface area contributed by atoms with Crippen LogP contribution in [0.1, 0.15) is 0 Å². The Kier molecular flexibility index (Phi) is 5.34. The molecule has 0 unspecified atom stereocenters. The fourth-order valence-electron chi connectivity index (χ4n) is 1.28. The van der Waals surface area contributed by atoms with Crippen LogP contribution in [0.25, 0.3) is 0 Å². The molecule has 0 saturated heterocycles. The van der Waals surface area contributed by atoms with Crippen molar-refractivity contribution < 1.29 is 4.74 Å². The van der Waals surface area contributed by atoms with E-state index in [1.807, 2.05) is 30.3 Å². The molecule has 2 aromatic carbocycles. The molecular weight excluding hydrogens is 560 g/mol. The number of benzene rings is 2. The van der Waals surface area contributed by atoms with Crippen LogP contribution in [-0.2, 0) is 0 Å². The molecule has 0 heterocycles. The van der Waals surface area contributed by atoms with Crippen molar-refractivity contribution in [2.45, 2.75) is 0 Å². The van der Waals surface area contributed by atoms with Gasteiger partial charge >= 0.3 is 0 Å². The molecular formula is C12H5Br5O. The third kappa shape index (κ3) is 3.39. The third-order valence-electron chi connectivity index (χ3n) is 2.09. The first-order chi connectivity index (χ1) is 8.49. The van der Waals surface area contributed by atoms with E-state index < -0.39 is 0 Å². The van der Waals surface area contributed by atoms with E-state index in [9.17, 15) is 0 Å². The molecule has 1 nitrogen and oxygen atoms in total. The normalized spacial score (nSPS) is 10.5. The lowest BCUT2D eigenvalue weighted by molar-refractivity contribution is 0.478. The molecule has 0 fully saturated rings. The van der Waals surface area contributed by atoms with Crippen molar-refractivity contribution in [3.63, 3.8) is 0 Å². The van der Waals surface area contributed by atoms with Gasteiger partial charge in [-0.15, -0.1) is 0 Å². The fraction of sp³-hybridized carbons (Fsp3) is 0. The average molecular weight is 565 g/mol. The Bertz CT molecular complexity index is 597. The van der Waals surface area contributed by atoms with Gasteiger partial charge < -0.3 is 4.74 Å². The van der Waals surface area contributed by atoms with Crippen molar-refractivity contribution in [1.29, 1.82) is 0 Å². The minimum Gasteiger partial charge on any atom is -0.456 e. The molecule has 6 heteroatoms. The van der Waals surface area contributed by atoms with E-state index in [1.165, 1.54) is 0 Å². The van der Waals surface area contributed by atoms with Crippen LogP contribution in [0.5, 0.6) is 11.5 Å². The van der Waals surface area contributed by atoms with Gasteiger partial charge in [-0.25, -0.2) is 0 Å². The quantitative estimate of drug-likeness (QED) is 0.275. The number of ether oxygens (including phenoxy) is 1. The van der Waals surface area contributed by atoms with Crippen LogP contribution in [0.15, 0.2) is 52.7 Å². The van der Waals surface area contributed by atoms with Crippen LogP contribution in [-0.4, -0.2) is 0 Å². The summed E-state index contributed by atoms with van der Waals surface area (Å²) in [6.07, 6.45) is 0. The summed E-state index contributed by atoms with van der Waals surface area (Å²) in [5.74, 6) is 1.50. The Morgan fingerprint density at radius 3 is 2.17 bits per heavy atom. The van der Waals surface area contributed by atoms with Gasteiger partial charge in [-0.05, 0) is 88.0 Å². The Hall–Kier alpha value is 0.640. The van der Waals surface area contributed by atoms with Crippen molar-refractivity contribution >= 4 is 79.6 Å². The van der Waals surface area contributed by atoms with Gasteiger partial charge in [-0.3, -0.25) is 0 Å². The van der Waals surface area contributed by atoms with Crippen LogP contribution in [0.3, 0.4) is 0 Å². The molecule has 0 spiro atoms. The highest BCUT2D eigenvalue weighted by Crippen LogP contribution is 2.44. The van der Waals surface area contributed by atoms with E-state index in [-0.39, 0.29) is 0 Å². The molecule has 0 amide bonds. The molecule has 0 aliphatic heterocycles. The largest absolute Gasteiger partial charge is 0.456 e. The molecule has 0 aliphatic rings. The molecule has 0 aromatic heterocycles. The average Bonchev–Trinajstić information content (AvgIpc) is 2.33. The first kappa shape index (κ1) is 15.0. The minimum atomic E-state index is 0.732. The van der Waals surface area contributed by atoms with Gasteiger partial charge in [0.1, 0.15) is 11.5 Å². The minimum absolute atomic E-state index is 0.732. The molecule has 0 bridgehead atoms. The van der Waals surface area contributed by atoms with Gasteiger partial charge in [0.2, 0.25) is 0 Å². The Morgan fingerprint density at radius 1 is 0.778 bits per heavy atom. The van der Waals surface area contributed by atoms with Crippen LogP contribution >= 0.6 is 79.6 Å². The smallest absolute Gasteiger partial charge is 0.143 e. The first-order valence-electron chi connectivity index (χ1n) is 4.75. The zero-order chi connectivity index (χ0) is 13.3. The van der Waals surface area contributed by atoms with Gasteiger partial charge in [0.25, 0.3) is 0 Å². The first-order valence-corrected chi connectivity index (χ1v) is 8.72. The Morgan fingerprint density at radius 2 is 1.50 bits per heavy atom. The molecule has 18 heavy (non-hydrogen) atoms. The molecule has 0 atom stereocenters. The summed E-state index contributed by atoms with van der Waals surface area (Å²) in [5, 5.41) is 0. The van der Waals surface area contributed by atoms with Crippen LogP contribution in [0, 0.1) is 0 Å². The summed E-state index contributed by atoms with van der Waals surface area (Å²) in [6.45, 7) is 0. The van der Waals surface area contributed by atoms with E-state index in [0.29, 0.717) is 0 Å². The SMILES string of the molecule is Brc1cccc(Oc2cc(Br)c(Br)c(Br)c2Br)c1. The molecule has 0 aliphatic carbocycles. The highest BCUT2D eigenvalue weighted by atomic mass is 79.9. The van der Waals surface area contributed by atoms with Gasteiger partial charge in [0.15, 0.2) is 0 Å². The summed E-state index contributed by atoms with van der Waals surface area (Å²) >= 11 is 17.4. The van der Waals surface area contributed by atoms with Crippen molar-refractivity contribution in [2.24, 2.45) is 0 Å². The maximum absolute atomic E-state index is 5.85. The molecule has 0 radical (unpaired) electrons. The van der Waals surface area contributed by atoms with E-state index >= 15 is 0 Å². The number of rotatable bonds is 2. The molecule has 0 N–H and O–H groups in total. The van der Waals surface area contributed by atoms with Crippen LogP contribution in [0.2, 0.25) is 0 Å². The summed E-state index contributed by atoms with van der Waals surface area (Å²) in [6, 6.07) is 9.60. The van der Waals surface area contributed by atoms with E-state index in [4.69, 9.17) is 4.74 Å². The summed E-state index contributed by atoms with van der Waals surface area (Å²) < 4.78 is 10.5. The van der Waals surface area contributed by atoms with Crippen LogP contribution < -0.4 is 4.74 Å². The number of hydrogen-bond acceptors (Lipinski definition) is 1. The predicted octanol–water partition coefficient (Wildman–Crippen LogP) is 7.29. The van der Waals surface area contributed by atoms with Crippen LogP contribution in [0.4, 0.5) is 0 Å². The molecule has 2 rings (SSSR count). The topological polar surface area (TPSA) is 9.23 Å². The maximum atomic E-state index is 5.85. The third-order valence-corrected chi connectivity index (χ3v) is 7.21. The van der Waals surface area contributed by atoms with Crippen molar-refractivity contribution in [2.75, 3.05) is 0 Å². The number of halogens is 5. The molecule has 2 aromatic rings. The summed E-state index contributed by atoms with van der Waals surface area (Å²) in [5.41, 5.74) is 0. The highest BCUT2D eigenvalue weighted by molar-refractivity contribution is 9.15. The van der Waals surface area contributed by atoms with E-state index in [0.717, 1.165) is 33.9 Å². The summed E-state index contributed by atoms with van der Waals surface area (Å²) in [7, 11) is 0. The second-order valence-corrected chi connectivity index (χ2v) is 7.51. The zero-order valence-corrected chi connectivity index (χ0v) is 16.6. The fourth-order valence-corrected chi connectivity index (χ4v) is 3.71. The lowest BCUT2D eigenvalue weighted by atomic mass is 10.3. The van der Waals surface area contributed by atoms with Gasteiger partial charge in [0, 0.05) is 13.4 Å². The van der Waals surface area contributed by atoms with Gasteiger partial charge in [-0.1, -0.05) is 22.0 Å². The van der Waals surface area contributed by atoms with Crippen molar-refractivity contribution in [3.8, 4) is 11.5 Å². The standard InChI is InChI=1S/C12H5Br5O/c13-6-2-1-3-7(4-6)18-9-5-8(14)10(15)12(17)11(9)16/h1-5H. The van der Waals surface area contributed by atoms with Crippen molar-refractivity contribution in [1.82, 2.24) is 0 Å². The second-order valence-electron chi connectivity index (χ2n) is 3.36. The summed E-state index contributed by atoms with van der Waals surface area (Å²) in [4.78, 5) is 0. The zero-order valence-electron chi connectivity index (χ0n) is 8.68. The lowest BCUT2D eigenvalue weighted by Gasteiger charge is -2.11. The highest BCUT2D eigenvalue weighted by Gasteiger charge is 2.13. The van der Waals surface area contributed by atoms with Gasteiger partial charge in [0.05, 0.1) is 8.95 Å². The van der Waals surface area contributed by atoms with Crippen molar-refractivity contribution in [3.05, 3.63) is 52.7 Å². The Balaban J connectivity index is 2.41. The van der Waals surface area contributed by atoms with E-state index in [2.05, 4.69) is 79.6 Å². The molecule has 94 valence electrons. The van der Waals surface area contributed by atoms with Gasteiger partial charge in [-0.2, -0.15) is 0 Å². The molecule has 0 saturated carbocycles. The monoisotopic (exact) mass is 560 g/mol. The van der Waals surface area contributed by atoms with E-state index in [1.54, 1.807) is 0 Å². The maximum Gasteiger partial charge on any atom is 0.143 e. The predicted molar refractivity (Wildman–Crippen MR) is 91.5 cm³/mol. The Labute approximate surface area is 147 Å².